The van der Waals surface area contributed by atoms with E-state index < -0.39 is 0 Å². The molecule has 0 spiro atoms. The van der Waals surface area contributed by atoms with Crippen molar-refractivity contribution in [3.8, 4) is 0 Å². The van der Waals surface area contributed by atoms with Crippen LogP contribution in [0.2, 0.25) is 0 Å². The Hall–Kier alpha value is -1.38. The summed E-state index contributed by atoms with van der Waals surface area (Å²) < 4.78 is 0. The molecule has 0 aliphatic rings. The van der Waals surface area contributed by atoms with E-state index >= 15 is 0 Å². The van der Waals surface area contributed by atoms with E-state index in [0.717, 1.165) is 17.3 Å². The normalized spacial score (nSPS) is 9.54. The maximum Gasteiger partial charge on any atom is 0.173 e. The number of imidazole rings is 1. The molecule has 1 rings (SSSR count). The van der Waals surface area contributed by atoms with Crippen LogP contribution < -0.4 is 0 Å². The van der Waals surface area contributed by atoms with Gasteiger partial charge in [0.05, 0.1) is 5.69 Å². The number of rotatable bonds is 2. The molecule has 0 unspecified atom stereocenters. The third-order valence-corrected chi connectivity index (χ3v) is 1.28. The summed E-state index contributed by atoms with van der Waals surface area (Å²) in [5.41, 5.74) is 0.987. The minimum absolute atomic E-state index is 0.738. The third kappa shape index (κ3) is 3.69. The predicted octanol–water partition coefficient (Wildman–Crippen LogP) is 2.94. The van der Waals surface area contributed by atoms with E-state index in [9.17, 15) is 0 Å². The lowest BCUT2D eigenvalue weighted by Crippen LogP contribution is -1.70. The van der Waals surface area contributed by atoms with Gasteiger partial charge in [-0.2, -0.15) is 0 Å². The largest absolute Gasteiger partial charge is 0.344 e. The second-order valence-electron chi connectivity index (χ2n) is 2.28. The van der Waals surface area contributed by atoms with Gasteiger partial charge >= 0.3 is 0 Å². The lowest BCUT2D eigenvalue weighted by molar-refractivity contribution is 1.13. The van der Waals surface area contributed by atoms with Crippen molar-refractivity contribution >= 4 is 12.0 Å². The van der Waals surface area contributed by atoms with E-state index in [4.69, 9.17) is 0 Å². The van der Waals surface area contributed by atoms with Crippen LogP contribution in [0.1, 0.15) is 25.4 Å². The first-order chi connectivity index (χ1) is 6.24. The SMILES string of the molecule is C=C/C=N\c1nc(C)[nH]c1C.CC. The van der Waals surface area contributed by atoms with Crippen molar-refractivity contribution in [1.82, 2.24) is 9.97 Å². The highest BCUT2D eigenvalue weighted by atomic mass is 15.0. The van der Waals surface area contributed by atoms with E-state index in [1.54, 1.807) is 12.3 Å². The van der Waals surface area contributed by atoms with Crippen LogP contribution in [0.3, 0.4) is 0 Å². The highest BCUT2D eigenvalue weighted by molar-refractivity contribution is 5.73. The van der Waals surface area contributed by atoms with Gasteiger partial charge in [0.2, 0.25) is 0 Å². The van der Waals surface area contributed by atoms with Crippen molar-refractivity contribution < 1.29 is 0 Å². The second kappa shape index (κ2) is 6.17. The summed E-state index contributed by atoms with van der Waals surface area (Å²) in [6.45, 7) is 11.4. The lowest BCUT2D eigenvalue weighted by Gasteiger charge is -1.83. The van der Waals surface area contributed by atoms with Gasteiger partial charge in [0.15, 0.2) is 5.82 Å². The first kappa shape index (κ1) is 11.6. The van der Waals surface area contributed by atoms with Gasteiger partial charge in [-0.05, 0) is 13.8 Å². The molecule has 0 atom stereocenters. The Morgan fingerprint density at radius 3 is 2.38 bits per heavy atom. The molecular formula is C10H17N3. The zero-order chi connectivity index (χ0) is 10.3. The van der Waals surface area contributed by atoms with Crippen LogP contribution in [0.25, 0.3) is 0 Å². The molecule has 1 aromatic rings. The number of aliphatic imine (C=N–C) groups is 1. The zero-order valence-corrected chi connectivity index (χ0v) is 8.76. The van der Waals surface area contributed by atoms with Crippen molar-refractivity contribution in [2.45, 2.75) is 27.7 Å². The monoisotopic (exact) mass is 179 g/mol. The predicted molar refractivity (Wildman–Crippen MR) is 57.8 cm³/mol. The van der Waals surface area contributed by atoms with Gasteiger partial charge in [-0.25, -0.2) is 9.98 Å². The lowest BCUT2D eigenvalue weighted by atomic mass is 10.5. The summed E-state index contributed by atoms with van der Waals surface area (Å²) in [5.74, 6) is 1.63. The van der Waals surface area contributed by atoms with Crippen LogP contribution >= 0.6 is 0 Å². The van der Waals surface area contributed by atoms with Crippen molar-refractivity contribution in [2.24, 2.45) is 4.99 Å². The number of hydrogen-bond donors (Lipinski definition) is 1. The number of aryl methyl sites for hydroxylation is 2. The fourth-order valence-corrected chi connectivity index (χ4v) is 0.847. The molecule has 3 nitrogen and oxygen atoms in total. The molecule has 0 saturated carbocycles. The molecule has 0 aliphatic heterocycles. The van der Waals surface area contributed by atoms with Crippen molar-refractivity contribution in [3.05, 3.63) is 24.2 Å². The molecule has 0 radical (unpaired) electrons. The summed E-state index contributed by atoms with van der Waals surface area (Å²) >= 11 is 0. The van der Waals surface area contributed by atoms with Gasteiger partial charge in [-0.15, -0.1) is 0 Å². The Kier molecular flexibility index (Phi) is 5.52. The molecule has 13 heavy (non-hydrogen) atoms. The Morgan fingerprint density at radius 2 is 2.00 bits per heavy atom. The van der Waals surface area contributed by atoms with Crippen LogP contribution in [-0.4, -0.2) is 16.2 Å². The number of H-pyrrole nitrogens is 1. The smallest absolute Gasteiger partial charge is 0.173 e. The molecule has 1 aromatic heterocycles. The molecule has 72 valence electrons. The molecule has 1 heterocycles. The van der Waals surface area contributed by atoms with Crippen LogP contribution in [0, 0.1) is 13.8 Å². The average molecular weight is 179 g/mol. The standard InChI is InChI=1S/C8H11N3.C2H6/c1-4-5-9-8-6(2)10-7(3)11-8;1-2/h4-5H,1H2,2-3H3,(H,10,11);1-2H3/b9-5-;. The fraction of sp³-hybridized carbons (Fsp3) is 0.400. The number of aromatic nitrogens is 2. The van der Waals surface area contributed by atoms with Crippen LogP contribution in [0.5, 0.6) is 0 Å². The van der Waals surface area contributed by atoms with Gasteiger partial charge in [0.25, 0.3) is 0 Å². The molecule has 0 aliphatic carbocycles. The van der Waals surface area contributed by atoms with Crippen LogP contribution in [0.4, 0.5) is 5.82 Å². The maximum atomic E-state index is 4.15. The molecule has 1 N–H and O–H groups in total. The fourth-order valence-electron chi connectivity index (χ4n) is 0.847. The van der Waals surface area contributed by atoms with Gasteiger partial charge in [-0.1, -0.05) is 26.5 Å². The van der Waals surface area contributed by atoms with Crippen molar-refractivity contribution in [2.75, 3.05) is 0 Å². The Labute approximate surface area is 79.6 Å². The summed E-state index contributed by atoms with van der Waals surface area (Å²) in [6.07, 6.45) is 3.26. The first-order valence-electron chi connectivity index (χ1n) is 4.42. The van der Waals surface area contributed by atoms with Crippen molar-refractivity contribution in [3.63, 3.8) is 0 Å². The number of nitrogens with zero attached hydrogens (tertiary/aromatic N) is 2. The first-order valence-corrected chi connectivity index (χ1v) is 4.42. The molecule has 3 heteroatoms. The Bertz CT molecular complexity index is 284. The van der Waals surface area contributed by atoms with E-state index in [0.29, 0.717) is 0 Å². The third-order valence-electron chi connectivity index (χ3n) is 1.28. The summed E-state index contributed by atoms with van der Waals surface area (Å²) in [7, 11) is 0. The quantitative estimate of drug-likeness (QED) is 0.697. The van der Waals surface area contributed by atoms with Crippen molar-refractivity contribution in [1.29, 1.82) is 0 Å². The van der Waals surface area contributed by atoms with Crippen LogP contribution in [0.15, 0.2) is 17.6 Å². The molecule has 0 saturated heterocycles. The van der Waals surface area contributed by atoms with Gasteiger partial charge in [0.1, 0.15) is 5.82 Å². The highest BCUT2D eigenvalue weighted by Gasteiger charge is 1.98. The number of aromatic amines is 1. The molecular weight excluding hydrogens is 162 g/mol. The Morgan fingerprint density at radius 1 is 1.38 bits per heavy atom. The minimum atomic E-state index is 0.738. The van der Waals surface area contributed by atoms with E-state index in [1.807, 2.05) is 27.7 Å². The summed E-state index contributed by atoms with van der Waals surface area (Å²) in [4.78, 5) is 11.3. The molecule has 0 amide bonds. The molecule has 0 aromatic carbocycles. The van der Waals surface area contributed by atoms with Gasteiger partial charge in [-0.3, -0.25) is 0 Å². The molecule has 0 bridgehead atoms. The van der Waals surface area contributed by atoms with Crippen LogP contribution in [-0.2, 0) is 0 Å². The van der Waals surface area contributed by atoms with E-state index in [-0.39, 0.29) is 0 Å². The topological polar surface area (TPSA) is 41.0 Å². The van der Waals surface area contributed by atoms with E-state index in [1.165, 1.54) is 0 Å². The number of nitrogens with one attached hydrogen (secondary N) is 1. The average Bonchev–Trinajstić information content (AvgIpc) is 2.45. The molecule has 0 fully saturated rings. The second-order valence-corrected chi connectivity index (χ2v) is 2.28. The van der Waals surface area contributed by atoms with Gasteiger partial charge < -0.3 is 4.98 Å². The summed E-state index contributed by atoms with van der Waals surface area (Å²) in [6, 6.07) is 0. The van der Waals surface area contributed by atoms with Gasteiger partial charge in [0, 0.05) is 6.21 Å². The number of allylic oxidation sites excluding steroid dienone is 1. The Balaban J connectivity index is 0.000000671. The highest BCUT2D eigenvalue weighted by Crippen LogP contribution is 2.12. The maximum absolute atomic E-state index is 4.15. The number of hydrogen-bond acceptors (Lipinski definition) is 2. The minimum Gasteiger partial charge on any atom is -0.344 e. The summed E-state index contributed by atoms with van der Waals surface area (Å²) in [5, 5.41) is 0. The zero-order valence-electron chi connectivity index (χ0n) is 8.76. The van der Waals surface area contributed by atoms with E-state index in [2.05, 4.69) is 21.5 Å².